The highest BCUT2D eigenvalue weighted by molar-refractivity contribution is 14.1. The van der Waals surface area contributed by atoms with E-state index in [1.807, 2.05) is 29.2 Å². The van der Waals surface area contributed by atoms with Crippen LogP contribution >= 0.6 is 33.9 Å². The summed E-state index contributed by atoms with van der Waals surface area (Å²) >= 11 is 3.98. The summed E-state index contributed by atoms with van der Waals surface area (Å²) in [6, 6.07) is 14.3. The number of hydrogen-bond acceptors (Lipinski definition) is 4. The molecule has 0 aliphatic carbocycles. The first-order chi connectivity index (χ1) is 12.7. The smallest absolute Gasteiger partial charge is 0.255 e. The number of thiazole rings is 1. The Morgan fingerprint density at radius 1 is 1.15 bits per heavy atom. The van der Waals surface area contributed by atoms with Gasteiger partial charge in [0.25, 0.3) is 5.91 Å². The molecule has 0 unspecified atom stereocenters. The summed E-state index contributed by atoms with van der Waals surface area (Å²) in [7, 11) is 0. The van der Waals surface area contributed by atoms with Crippen molar-refractivity contribution in [2.75, 3.05) is 31.1 Å². The van der Waals surface area contributed by atoms with E-state index in [0.29, 0.717) is 0 Å². The number of anilines is 1. The van der Waals surface area contributed by atoms with E-state index >= 15 is 0 Å². The molecule has 0 spiro atoms. The predicted molar refractivity (Wildman–Crippen MR) is 116 cm³/mol. The van der Waals surface area contributed by atoms with Crippen LogP contribution in [0.5, 0.6) is 0 Å². The van der Waals surface area contributed by atoms with Crippen molar-refractivity contribution >= 4 is 55.2 Å². The third kappa shape index (κ3) is 3.44. The number of nitrogens with zero attached hydrogens (tertiary/aromatic N) is 3. The second-order valence-corrected chi connectivity index (χ2v) is 8.58. The molecule has 0 saturated carbocycles. The molecular weight excluding hydrogens is 457 g/mol. The molecule has 134 valence electrons. The zero-order valence-electron chi connectivity index (χ0n) is 14.6. The number of amides is 1. The van der Waals surface area contributed by atoms with Crippen LogP contribution in [0.1, 0.15) is 22.8 Å². The second-order valence-electron chi connectivity index (χ2n) is 6.41. The Morgan fingerprint density at radius 2 is 1.92 bits per heavy atom. The number of aromatic nitrogens is 1. The van der Waals surface area contributed by atoms with Gasteiger partial charge in [-0.05, 0) is 58.8 Å². The van der Waals surface area contributed by atoms with Crippen molar-refractivity contribution in [2.24, 2.45) is 0 Å². The summed E-state index contributed by atoms with van der Waals surface area (Å²) in [6.07, 6.45) is 1.04. The lowest BCUT2D eigenvalue weighted by Gasteiger charge is -2.34. The fraction of sp³-hybridized carbons (Fsp3) is 0.300. The topological polar surface area (TPSA) is 36.4 Å². The average Bonchev–Trinajstić information content (AvgIpc) is 3.11. The van der Waals surface area contributed by atoms with E-state index in [1.54, 1.807) is 11.3 Å². The first-order valence-electron chi connectivity index (χ1n) is 8.84. The molecule has 0 bridgehead atoms. The van der Waals surface area contributed by atoms with Gasteiger partial charge in [-0.25, -0.2) is 4.98 Å². The Kier molecular flexibility index (Phi) is 5.13. The van der Waals surface area contributed by atoms with Crippen LogP contribution in [-0.2, 0) is 6.42 Å². The minimum Gasteiger partial charge on any atom is -0.345 e. The van der Waals surface area contributed by atoms with E-state index in [1.165, 1.54) is 10.3 Å². The number of fused-ring (bicyclic) bond motifs is 1. The van der Waals surface area contributed by atoms with Crippen molar-refractivity contribution in [1.29, 1.82) is 0 Å². The number of carbonyl (C=O) groups is 1. The molecule has 2 heterocycles. The molecule has 0 radical (unpaired) electrons. The highest BCUT2D eigenvalue weighted by Gasteiger charge is 2.24. The highest BCUT2D eigenvalue weighted by atomic mass is 127. The van der Waals surface area contributed by atoms with E-state index < -0.39 is 0 Å². The standard InChI is InChI=1S/C20H20IN3OS/c1-2-14-7-8-17-18(13-14)26-20(22-17)24-11-9-23(10-12-24)19(25)15-5-3-4-6-16(15)21/h3-8,13H,2,9-12H2,1H3. The van der Waals surface area contributed by atoms with Crippen molar-refractivity contribution in [3.63, 3.8) is 0 Å². The maximum Gasteiger partial charge on any atom is 0.255 e. The summed E-state index contributed by atoms with van der Waals surface area (Å²) < 4.78 is 2.26. The lowest BCUT2D eigenvalue weighted by Crippen LogP contribution is -2.48. The molecule has 3 aromatic rings. The number of piperazine rings is 1. The second kappa shape index (κ2) is 7.52. The van der Waals surface area contributed by atoms with Gasteiger partial charge in [0.05, 0.1) is 15.8 Å². The van der Waals surface area contributed by atoms with Crippen LogP contribution < -0.4 is 4.90 Å². The average molecular weight is 477 g/mol. The SMILES string of the molecule is CCc1ccc2nc(N3CCN(C(=O)c4ccccc4I)CC3)sc2c1. The Balaban J connectivity index is 1.46. The molecule has 0 N–H and O–H groups in total. The number of rotatable bonds is 3. The van der Waals surface area contributed by atoms with Crippen LogP contribution in [0.15, 0.2) is 42.5 Å². The van der Waals surface area contributed by atoms with Crippen LogP contribution in [0.25, 0.3) is 10.2 Å². The molecule has 2 aromatic carbocycles. The van der Waals surface area contributed by atoms with Crippen LogP contribution in [0.4, 0.5) is 5.13 Å². The molecule has 6 heteroatoms. The molecule has 26 heavy (non-hydrogen) atoms. The lowest BCUT2D eigenvalue weighted by atomic mass is 10.2. The molecule has 4 nitrogen and oxygen atoms in total. The molecule has 1 saturated heterocycles. The summed E-state index contributed by atoms with van der Waals surface area (Å²) in [5, 5.41) is 1.06. The molecule has 1 aliphatic rings. The van der Waals surface area contributed by atoms with Crippen LogP contribution in [0, 0.1) is 3.57 Å². The number of hydrogen-bond donors (Lipinski definition) is 0. The summed E-state index contributed by atoms with van der Waals surface area (Å²) in [5.41, 5.74) is 3.22. The van der Waals surface area contributed by atoms with Gasteiger partial charge in [0.1, 0.15) is 0 Å². The van der Waals surface area contributed by atoms with Gasteiger partial charge < -0.3 is 9.80 Å². The maximum atomic E-state index is 12.8. The zero-order valence-corrected chi connectivity index (χ0v) is 17.6. The number of aryl methyl sites for hydroxylation is 1. The van der Waals surface area contributed by atoms with Gasteiger partial charge in [0.15, 0.2) is 5.13 Å². The van der Waals surface area contributed by atoms with E-state index in [4.69, 9.17) is 4.98 Å². The largest absolute Gasteiger partial charge is 0.345 e. The van der Waals surface area contributed by atoms with Gasteiger partial charge in [0.2, 0.25) is 0 Å². The fourth-order valence-electron chi connectivity index (χ4n) is 3.22. The highest BCUT2D eigenvalue weighted by Crippen LogP contribution is 2.30. The van der Waals surface area contributed by atoms with Crippen molar-refractivity contribution in [2.45, 2.75) is 13.3 Å². The Bertz CT molecular complexity index is 947. The molecule has 1 aromatic heterocycles. The predicted octanol–water partition coefficient (Wildman–Crippen LogP) is 4.43. The Hall–Kier alpha value is -1.67. The number of halogens is 1. The van der Waals surface area contributed by atoms with Gasteiger partial charge >= 0.3 is 0 Å². The Labute approximate surface area is 171 Å². The fourth-order valence-corrected chi connectivity index (χ4v) is 4.92. The first kappa shape index (κ1) is 17.7. The van der Waals surface area contributed by atoms with E-state index in [0.717, 1.165) is 52.4 Å². The maximum absolute atomic E-state index is 12.8. The first-order valence-corrected chi connectivity index (χ1v) is 10.7. The van der Waals surface area contributed by atoms with E-state index in [-0.39, 0.29) is 5.91 Å². The van der Waals surface area contributed by atoms with Crippen molar-refractivity contribution in [3.05, 3.63) is 57.2 Å². The van der Waals surface area contributed by atoms with Crippen LogP contribution in [0.2, 0.25) is 0 Å². The molecule has 1 fully saturated rings. The normalized spacial score (nSPS) is 14.8. The van der Waals surface area contributed by atoms with Gasteiger partial charge in [0, 0.05) is 29.7 Å². The Morgan fingerprint density at radius 3 is 2.65 bits per heavy atom. The third-order valence-corrected chi connectivity index (χ3v) is 6.81. The van der Waals surface area contributed by atoms with E-state index in [2.05, 4.69) is 52.6 Å². The molecule has 0 atom stereocenters. The van der Waals surface area contributed by atoms with E-state index in [9.17, 15) is 4.79 Å². The minimum absolute atomic E-state index is 0.131. The zero-order chi connectivity index (χ0) is 18.1. The molecule has 1 amide bonds. The summed E-state index contributed by atoms with van der Waals surface area (Å²) in [6.45, 7) is 5.30. The third-order valence-electron chi connectivity index (χ3n) is 4.79. The van der Waals surface area contributed by atoms with Gasteiger partial charge in [-0.15, -0.1) is 0 Å². The quantitative estimate of drug-likeness (QED) is 0.524. The molecule has 1 aliphatic heterocycles. The molecular formula is C20H20IN3OS. The lowest BCUT2D eigenvalue weighted by molar-refractivity contribution is 0.0745. The minimum atomic E-state index is 0.131. The van der Waals surface area contributed by atoms with Crippen LogP contribution in [0.3, 0.4) is 0 Å². The monoisotopic (exact) mass is 477 g/mol. The van der Waals surface area contributed by atoms with Gasteiger partial charge in [-0.3, -0.25) is 4.79 Å². The van der Waals surface area contributed by atoms with Crippen molar-refractivity contribution < 1.29 is 4.79 Å². The summed E-state index contributed by atoms with van der Waals surface area (Å²) in [5.74, 6) is 0.131. The van der Waals surface area contributed by atoms with Crippen LogP contribution in [-0.4, -0.2) is 42.0 Å². The van der Waals surface area contributed by atoms with Crippen molar-refractivity contribution in [3.8, 4) is 0 Å². The summed E-state index contributed by atoms with van der Waals surface area (Å²) in [4.78, 5) is 21.8. The number of carbonyl (C=O) groups excluding carboxylic acids is 1. The molecule has 4 rings (SSSR count). The van der Waals surface area contributed by atoms with Gasteiger partial charge in [-0.1, -0.05) is 36.5 Å². The van der Waals surface area contributed by atoms with Gasteiger partial charge in [-0.2, -0.15) is 0 Å². The van der Waals surface area contributed by atoms with Crippen molar-refractivity contribution in [1.82, 2.24) is 9.88 Å². The number of benzene rings is 2.